The first-order valence-corrected chi connectivity index (χ1v) is 7.84. The minimum atomic E-state index is -3.00. The van der Waals surface area contributed by atoms with E-state index in [1.54, 1.807) is 0 Å². The first-order chi connectivity index (χ1) is 7.39. The third-order valence-corrected chi connectivity index (χ3v) is 5.96. The largest absolute Gasteiger partial charge is 0.396 e. The minimum absolute atomic E-state index is 0.119. The van der Waals surface area contributed by atoms with Crippen molar-refractivity contribution in [2.24, 2.45) is 5.41 Å². The molecule has 1 N–H and O–H groups in total. The normalized spacial score (nSPS) is 40.9. The van der Waals surface area contributed by atoms with Crippen LogP contribution in [0.15, 0.2) is 0 Å². The van der Waals surface area contributed by atoms with Crippen LogP contribution in [0, 0.1) is 5.41 Å². The van der Waals surface area contributed by atoms with Gasteiger partial charge in [0.25, 0.3) is 0 Å². The summed E-state index contributed by atoms with van der Waals surface area (Å²) < 4.78 is 23.3. The number of aliphatic hydroxyl groups excluding tert-OH is 1. The Hall–Kier alpha value is -0.130. The number of aliphatic hydroxyl groups is 1. The predicted molar refractivity (Wildman–Crippen MR) is 63.0 cm³/mol. The van der Waals surface area contributed by atoms with Crippen LogP contribution in [0.5, 0.6) is 0 Å². The summed E-state index contributed by atoms with van der Waals surface area (Å²) in [6.07, 6.45) is 5.10. The smallest absolute Gasteiger partial charge is 0.151 e. The van der Waals surface area contributed by atoms with Crippen molar-refractivity contribution < 1.29 is 13.5 Å². The van der Waals surface area contributed by atoms with E-state index >= 15 is 0 Å². The molecule has 2 aliphatic rings. The molecular formula is C11H21NO3S. The van der Waals surface area contributed by atoms with Crippen molar-refractivity contribution in [1.29, 1.82) is 0 Å². The van der Waals surface area contributed by atoms with E-state index in [1.807, 2.05) is 7.05 Å². The van der Waals surface area contributed by atoms with Gasteiger partial charge in [0.2, 0.25) is 0 Å². The molecule has 94 valence electrons. The third-order valence-electron chi connectivity index (χ3n) is 4.44. The van der Waals surface area contributed by atoms with E-state index < -0.39 is 9.84 Å². The lowest BCUT2D eigenvalue weighted by Gasteiger charge is -2.46. The maximum Gasteiger partial charge on any atom is 0.151 e. The zero-order chi connectivity index (χ0) is 12.0. The van der Waals surface area contributed by atoms with E-state index in [0.29, 0.717) is 19.0 Å². The molecule has 1 saturated heterocycles. The second-order valence-electron chi connectivity index (χ2n) is 5.52. The Morgan fingerprint density at radius 3 is 2.75 bits per heavy atom. The fourth-order valence-corrected chi connectivity index (χ4v) is 4.69. The molecule has 0 bridgehead atoms. The Bertz CT molecular complexity index is 367. The van der Waals surface area contributed by atoms with Gasteiger partial charge in [-0.25, -0.2) is 8.42 Å². The van der Waals surface area contributed by atoms with Crippen LogP contribution in [-0.2, 0) is 9.84 Å². The maximum atomic E-state index is 11.7. The number of nitrogens with zero attached hydrogens (tertiary/aromatic N) is 1. The minimum Gasteiger partial charge on any atom is -0.396 e. The van der Waals surface area contributed by atoms with Crippen LogP contribution in [0.25, 0.3) is 0 Å². The number of hydrogen-bond donors (Lipinski definition) is 1. The number of fused-ring (bicyclic) bond motifs is 1. The highest BCUT2D eigenvalue weighted by molar-refractivity contribution is 7.91. The summed E-state index contributed by atoms with van der Waals surface area (Å²) in [6, 6.07) is 0.371. The Kier molecular flexibility index (Phi) is 3.05. The number of likely N-dealkylation sites (tertiary alicyclic amines) is 1. The zero-order valence-corrected chi connectivity index (χ0v) is 10.8. The van der Waals surface area contributed by atoms with Crippen LogP contribution in [-0.4, -0.2) is 56.2 Å². The van der Waals surface area contributed by atoms with Gasteiger partial charge in [-0.05, 0) is 26.3 Å². The molecule has 0 aromatic carbocycles. The van der Waals surface area contributed by atoms with Crippen LogP contribution in [0.2, 0.25) is 0 Å². The van der Waals surface area contributed by atoms with Crippen molar-refractivity contribution in [3.05, 3.63) is 0 Å². The molecule has 1 saturated carbocycles. The standard InChI is InChI=1S/C11H21NO3S/c1-12-7-9(16(2,14)15)6-11(8-13)5-3-4-10(11)12/h9-10,13H,3-8H2,1-2H3/t9?,10-,11-/m1/s1. The Morgan fingerprint density at radius 2 is 2.19 bits per heavy atom. The van der Waals surface area contributed by atoms with Crippen LogP contribution < -0.4 is 0 Å². The summed E-state index contributed by atoms with van der Waals surface area (Å²) in [4.78, 5) is 2.14. The van der Waals surface area contributed by atoms with Gasteiger partial charge in [0.1, 0.15) is 0 Å². The molecule has 2 rings (SSSR count). The predicted octanol–water partition coefficient (Wildman–Crippen LogP) is 0.266. The Labute approximate surface area is 97.6 Å². The van der Waals surface area contributed by atoms with Gasteiger partial charge in [-0.3, -0.25) is 0 Å². The van der Waals surface area contributed by atoms with E-state index in [4.69, 9.17) is 0 Å². The van der Waals surface area contributed by atoms with Gasteiger partial charge < -0.3 is 10.0 Å². The second kappa shape index (κ2) is 3.96. The van der Waals surface area contributed by atoms with E-state index in [0.717, 1.165) is 19.3 Å². The fourth-order valence-electron chi connectivity index (χ4n) is 3.55. The molecule has 1 heterocycles. The van der Waals surface area contributed by atoms with Gasteiger partial charge in [-0.15, -0.1) is 0 Å². The highest BCUT2D eigenvalue weighted by Gasteiger charge is 2.50. The van der Waals surface area contributed by atoms with Gasteiger partial charge >= 0.3 is 0 Å². The van der Waals surface area contributed by atoms with Gasteiger partial charge in [0.05, 0.1) is 11.9 Å². The van der Waals surface area contributed by atoms with Crippen molar-refractivity contribution in [3.63, 3.8) is 0 Å². The second-order valence-corrected chi connectivity index (χ2v) is 7.85. The summed E-state index contributed by atoms with van der Waals surface area (Å²) in [5, 5.41) is 9.33. The SMILES string of the molecule is CN1CC(S(C)(=O)=O)C[C@@]2(CO)CCC[C@@H]12. The molecular weight excluding hydrogens is 226 g/mol. The summed E-state index contributed by atoms with van der Waals surface area (Å²) >= 11 is 0. The van der Waals surface area contributed by atoms with Crippen LogP contribution in [0.3, 0.4) is 0 Å². The number of sulfone groups is 1. The molecule has 0 aromatic rings. The lowest BCUT2D eigenvalue weighted by Crippen LogP contribution is -2.55. The molecule has 16 heavy (non-hydrogen) atoms. The zero-order valence-electron chi connectivity index (χ0n) is 10.0. The molecule has 4 nitrogen and oxygen atoms in total. The molecule has 2 fully saturated rings. The molecule has 1 aliphatic carbocycles. The van der Waals surface area contributed by atoms with E-state index in [1.165, 1.54) is 6.26 Å². The monoisotopic (exact) mass is 247 g/mol. The number of piperidine rings is 1. The van der Waals surface area contributed by atoms with Crippen LogP contribution in [0.4, 0.5) is 0 Å². The average Bonchev–Trinajstić information content (AvgIpc) is 2.61. The number of rotatable bonds is 2. The third kappa shape index (κ3) is 1.89. The Morgan fingerprint density at radius 1 is 1.50 bits per heavy atom. The fraction of sp³-hybridized carbons (Fsp3) is 1.00. The highest BCUT2D eigenvalue weighted by atomic mass is 32.2. The van der Waals surface area contributed by atoms with Crippen molar-refractivity contribution in [2.45, 2.75) is 37.0 Å². The van der Waals surface area contributed by atoms with Gasteiger partial charge in [-0.1, -0.05) is 6.42 Å². The highest BCUT2D eigenvalue weighted by Crippen LogP contribution is 2.47. The summed E-state index contributed by atoms with van der Waals surface area (Å²) in [6.45, 7) is 0.735. The van der Waals surface area contributed by atoms with E-state index in [-0.39, 0.29) is 17.3 Å². The molecule has 0 amide bonds. The van der Waals surface area contributed by atoms with Crippen LogP contribution >= 0.6 is 0 Å². The molecule has 0 radical (unpaired) electrons. The van der Waals surface area contributed by atoms with E-state index in [2.05, 4.69) is 4.90 Å². The summed E-state index contributed by atoms with van der Waals surface area (Å²) in [7, 11) is -1.01. The topological polar surface area (TPSA) is 57.6 Å². The van der Waals surface area contributed by atoms with Crippen molar-refractivity contribution >= 4 is 9.84 Å². The molecule has 1 aliphatic heterocycles. The lowest BCUT2D eigenvalue weighted by atomic mass is 9.75. The summed E-state index contributed by atoms with van der Waals surface area (Å²) in [5.74, 6) is 0. The van der Waals surface area contributed by atoms with Crippen molar-refractivity contribution in [2.75, 3.05) is 26.5 Å². The molecule has 0 aromatic heterocycles. The molecule has 0 spiro atoms. The van der Waals surface area contributed by atoms with E-state index in [9.17, 15) is 13.5 Å². The van der Waals surface area contributed by atoms with Gasteiger partial charge in [0.15, 0.2) is 9.84 Å². The maximum absolute atomic E-state index is 11.7. The summed E-state index contributed by atoms with van der Waals surface area (Å²) in [5.41, 5.74) is -0.166. The lowest BCUT2D eigenvalue weighted by molar-refractivity contribution is 0.00934. The number of hydrogen-bond acceptors (Lipinski definition) is 4. The van der Waals surface area contributed by atoms with Crippen molar-refractivity contribution in [1.82, 2.24) is 4.90 Å². The van der Waals surface area contributed by atoms with Gasteiger partial charge in [-0.2, -0.15) is 0 Å². The van der Waals surface area contributed by atoms with Gasteiger partial charge in [0, 0.05) is 24.3 Å². The average molecular weight is 247 g/mol. The first kappa shape index (κ1) is 12.3. The molecule has 3 atom stereocenters. The van der Waals surface area contributed by atoms with Crippen molar-refractivity contribution in [3.8, 4) is 0 Å². The Balaban J connectivity index is 2.28. The quantitative estimate of drug-likeness (QED) is 0.761. The first-order valence-electron chi connectivity index (χ1n) is 5.89. The molecule has 5 heteroatoms. The van der Waals surface area contributed by atoms with Crippen LogP contribution in [0.1, 0.15) is 25.7 Å². The molecule has 1 unspecified atom stereocenters.